The highest BCUT2D eigenvalue weighted by Crippen LogP contribution is 2.32. The first kappa shape index (κ1) is 27.4. The quantitative estimate of drug-likeness (QED) is 0.324. The minimum atomic E-state index is -3.94. The van der Waals surface area contributed by atoms with Crippen molar-refractivity contribution in [1.82, 2.24) is 9.21 Å². The molecule has 1 aliphatic rings. The Morgan fingerprint density at radius 1 is 1.08 bits per heavy atom. The van der Waals surface area contributed by atoms with Crippen LogP contribution in [0.4, 0.5) is 0 Å². The van der Waals surface area contributed by atoms with Crippen LogP contribution in [0.25, 0.3) is 0 Å². The maximum Gasteiger partial charge on any atom is 0.255 e. The van der Waals surface area contributed by atoms with Gasteiger partial charge in [-0.2, -0.15) is 4.31 Å². The van der Waals surface area contributed by atoms with Crippen molar-refractivity contribution in [1.29, 1.82) is 0 Å². The number of sulfonamides is 1. The molecule has 6 nitrogen and oxygen atoms in total. The molecule has 0 saturated carbocycles. The van der Waals surface area contributed by atoms with Gasteiger partial charge in [-0.1, -0.05) is 53.0 Å². The third-order valence-corrected chi connectivity index (χ3v) is 9.80. The zero-order chi connectivity index (χ0) is 25.9. The normalized spacial score (nSPS) is 15.6. The van der Waals surface area contributed by atoms with E-state index in [2.05, 4.69) is 0 Å². The third-order valence-electron chi connectivity index (χ3n) is 5.98. The van der Waals surface area contributed by atoms with Gasteiger partial charge in [-0.05, 0) is 48.2 Å². The Kier molecular flexibility index (Phi) is 8.99. The number of hydrogen-bond acceptors (Lipinski definition) is 5. The minimum Gasteiger partial charge on any atom is -0.379 e. The van der Waals surface area contributed by atoms with Crippen LogP contribution in [0.3, 0.4) is 0 Å². The molecule has 1 aliphatic heterocycles. The van der Waals surface area contributed by atoms with Crippen LogP contribution in [-0.4, -0.2) is 55.9 Å². The molecule has 4 rings (SSSR count). The van der Waals surface area contributed by atoms with Crippen molar-refractivity contribution in [3.05, 3.63) is 85.0 Å². The summed E-state index contributed by atoms with van der Waals surface area (Å²) in [6.45, 7) is 3.28. The van der Waals surface area contributed by atoms with Gasteiger partial charge in [-0.25, -0.2) is 8.42 Å². The molecule has 1 atom stereocenters. The van der Waals surface area contributed by atoms with E-state index < -0.39 is 10.0 Å². The van der Waals surface area contributed by atoms with Gasteiger partial charge in [0.1, 0.15) is 4.90 Å². The first-order valence-corrected chi connectivity index (χ1v) is 14.8. The molecular weight excluding hydrogens is 563 g/mol. The van der Waals surface area contributed by atoms with Crippen LogP contribution >= 0.6 is 46.1 Å². The molecule has 2 aromatic carbocycles. The van der Waals surface area contributed by atoms with Crippen molar-refractivity contribution >= 4 is 62.1 Å². The summed E-state index contributed by atoms with van der Waals surface area (Å²) < 4.78 is 33.3. The number of carbonyl (C=O) groups is 1. The van der Waals surface area contributed by atoms with Crippen molar-refractivity contribution in [2.24, 2.45) is 0 Å². The summed E-state index contributed by atoms with van der Waals surface area (Å²) in [7, 11) is -3.94. The lowest BCUT2D eigenvalue weighted by Gasteiger charge is -2.30. The highest BCUT2D eigenvalue weighted by atomic mass is 35.5. The Bertz CT molecular complexity index is 1310. The van der Waals surface area contributed by atoms with E-state index in [1.54, 1.807) is 28.4 Å². The summed E-state index contributed by atoms with van der Waals surface area (Å²) in [6, 6.07) is 13.7. The maximum absolute atomic E-state index is 13.9. The molecule has 1 saturated heterocycles. The molecule has 0 aliphatic carbocycles. The molecule has 1 aromatic heterocycles. The van der Waals surface area contributed by atoms with Gasteiger partial charge in [0.05, 0.1) is 28.8 Å². The topological polar surface area (TPSA) is 66.9 Å². The molecule has 0 spiro atoms. The fourth-order valence-corrected chi connectivity index (χ4v) is 7.20. The molecule has 0 radical (unpaired) electrons. The number of hydrogen-bond donors (Lipinski definition) is 0. The monoisotopic (exact) mass is 586 g/mol. The average Bonchev–Trinajstić information content (AvgIpc) is 3.36. The van der Waals surface area contributed by atoms with Crippen molar-refractivity contribution in [3.63, 3.8) is 0 Å². The predicted octanol–water partition coefficient (Wildman–Crippen LogP) is 6.00. The van der Waals surface area contributed by atoms with Crippen LogP contribution in [0.5, 0.6) is 0 Å². The Morgan fingerprint density at radius 3 is 2.42 bits per heavy atom. The van der Waals surface area contributed by atoms with Crippen LogP contribution < -0.4 is 0 Å². The lowest BCUT2D eigenvalue weighted by Crippen LogP contribution is -2.41. The summed E-state index contributed by atoms with van der Waals surface area (Å²) in [6.07, 6.45) is 0.640. The number of amides is 1. The number of ether oxygens (including phenoxy) is 1. The molecule has 0 unspecified atom stereocenters. The molecule has 192 valence electrons. The first-order chi connectivity index (χ1) is 17.2. The van der Waals surface area contributed by atoms with E-state index in [-0.39, 0.29) is 45.5 Å². The van der Waals surface area contributed by atoms with E-state index in [1.165, 1.54) is 16.4 Å². The van der Waals surface area contributed by atoms with E-state index in [0.29, 0.717) is 31.2 Å². The fraction of sp³-hybridized carbons (Fsp3) is 0.320. The maximum atomic E-state index is 13.9. The van der Waals surface area contributed by atoms with E-state index in [0.717, 1.165) is 10.4 Å². The molecule has 1 fully saturated rings. The van der Waals surface area contributed by atoms with Crippen molar-refractivity contribution < 1.29 is 17.9 Å². The summed E-state index contributed by atoms with van der Waals surface area (Å²) in [5.74, 6) is -0.380. The number of carbonyl (C=O) groups excluding carboxylic acids is 1. The number of rotatable bonds is 8. The predicted molar refractivity (Wildman–Crippen MR) is 145 cm³/mol. The Hall–Kier alpha value is -1.65. The zero-order valence-corrected chi connectivity index (χ0v) is 23.4. The van der Waals surface area contributed by atoms with Crippen LogP contribution in [0.15, 0.2) is 58.8 Å². The standard InChI is InChI=1S/C25H25Cl3N2O4S2/c1-17(13-20-3-2-12-35-20)30(16-18-4-6-19(26)7-5-18)25(31)21-14-24(23(28)15-22(21)27)36(32,33)29-8-10-34-11-9-29/h2-7,12,14-15,17H,8-11,13,16H2,1H3/t17-/m0/s1. The van der Waals surface area contributed by atoms with Gasteiger partial charge in [0.15, 0.2) is 0 Å². The van der Waals surface area contributed by atoms with E-state index in [9.17, 15) is 13.2 Å². The van der Waals surface area contributed by atoms with Crippen molar-refractivity contribution in [3.8, 4) is 0 Å². The summed E-state index contributed by atoms with van der Waals surface area (Å²) in [4.78, 5) is 16.6. The molecule has 0 N–H and O–H groups in total. The van der Waals surface area contributed by atoms with Crippen LogP contribution in [-0.2, 0) is 27.7 Å². The Morgan fingerprint density at radius 2 is 1.78 bits per heavy atom. The van der Waals surface area contributed by atoms with Crippen LogP contribution in [0.1, 0.15) is 27.7 Å². The second-order valence-corrected chi connectivity index (χ2v) is 12.7. The largest absolute Gasteiger partial charge is 0.379 e. The molecule has 36 heavy (non-hydrogen) atoms. The van der Waals surface area contributed by atoms with Gasteiger partial charge in [0, 0.05) is 42.0 Å². The lowest BCUT2D eigenvalue weighted by atomic mass is 10.1. The lowest BCUT2D eigenvalue weighted by molar-refractivity contribution is 0.0675. The summed E-state index contributed by atoms with van der Waals surface area (Å²) in [5.41, 5.74) is 0.969. The van der Waals surface area contributed by atoms with Gasteiger partial charge in [-0.3, -0.25) is 4.79 Å². The minimum absolute atomic E-state index is 0.0288. The summed E-state index contributed by atoms with van der Waals surface area (Å²) >= 11 is 20.5. The number of benzene rings is 2. The van der Waals surface area contributed by atoms with Gasteiger partial charge in [0.2, 0.25) is 10.0 Å². The zero-order valence-electron chi connectivity index (χ0n) is 19.5. The molecule has 11 heteroatoms. The van der Waals surface area contributed by atoms with Gasteiger partial charge in [0.25, 0.3) is 5.91 Å². The molecule has 3 aromatic rings. The Balaban J connectivity index is 1.70. The number of thiophene rings is 1. The first-order valence-electron chi connectivity index (χ1n) is 11.3. The fourth-order valence-electron chi connectivity index (χ4n) is 4.02. The molecule has 0 bridgehead atoms. The average molecular weight is 588 g/mol. The number of nitrogens with zero attached hydrogens (tertiary/aromatic N) is 2. The van der Waals surface area contributed by atoms with Crippen LogP contribution in [0.2, 0.25) is 15.1 Å². The third kappa shape index (κ3) is 6.25. The molecule has 1 amide bonds. The van der Waals surface area contributed by atoms with Crippen molar-refractivity contribution in [2.45, 2.75) is 30.8 Å². The van der Waals surface area contributed by atoms with E-state index >= 15 is 0 Å². The highest BCUT2D eigenvalue weighted by Gasteiger charge is 2.32. The smallest absolute Gasteiger partial charge is 0.255 e. The van der Waals surface area contributed by atoms with Gasteiger partial charge in [-0.15, -0.1) is 11.3 Å². The second-order valence-electron chi connectivity index (χ2n) is 8.47. The molecular formula is C25H25Cl3N2O4S2. The van der Waals surface area contributed by atoms with E-state index in [4.69, 9.17) is 39.5 Å². The van der Waals surface area contributed by atoms with Gasteiger partial charge >= 0.3 is 0 Å². The van der Waals surface area contributed by atoms with Crippen LogP contribution in [0, 0.1) is 0 Å². The number of morpholine rings is 1. The summed E-state index contributed by atoms with van der Waals surface area (Å²) in [5, 5.41) is 2.66. The van der Waals surface area contributed by atoms with Gasteiger partial charge < -0.3 is 9.64 Å². The molecule has 2 heterocycles. The highest BCUT2D eigenvalue weighted by molar-refractivity contribution is 7.89. The Labute approximate surface area is 230 Å². The number of halogens is 3. The van der Waals surface area contributed by atoms with Crippen molar-refractivity contribution in [2.75, 3.05) is 26.3 Å². The second kappa shape index (κ2) is 11.8. The SMILES string of the molecule is C[C@@H](Cc1cccs1)N(Cc1ccc(Cl)cc1)C(=O)c1cc(S(=O)(=O)N2CCOCC2)c(Cl)cc1Cl. The van der Waals surface area contributed by atoms with E-state index in [1.807, 2.05) is 36.6 Å².